The molecule has 5 rings (SSSR count). The summed E-state index contributed by atoms with van der Waals surface area (Å²) >= 11 is 0. The number of amides is 2. The van der Waals surface area contributed by atoms with Crippen molar-refractivity contribution in [2.24, 2.45) is 13.0 Å². The number of benzene rings is 2. The van der Waals surface area contributed by atoms with Gasteiger partial charge in [-0.05, 0) is 49.6 Å². The van der Waals surface area contributed by atoms with Crippen LogP contribution in [0.5, 0.6) is 0 Å². The second-order valence-electron chi connectivity index (χ2n) is 8.85. The third-order valence-corrected chi connectivity index (χ3v) is 6.33. The summed E-state index contributed by atoms with van der Waals surface area (Å²) in [6, 6.07) is 9.95. The number of rotatable bonds is 4. The number of fused-ring (bicyclic) bond motifs is 3. The van der Waals surface area contributed by atoms with Crippen LogP contribution in [0.15, 0.2) is 42.6 Å². The predicted octanol–water partition coefficient (Wildman–Crippen LogP) is 3.58. The van der Waals surface area contributed by atoms with Gasteiger partial charge in [0.15, 0.2) is 0 Å². The van der Waals surface area contributed by atoms with Gasteiger partial charge in [0, 0.05) is 36.5 Å². The van der Waals surface area contributed by atoms with E-state index in [0.717, 1.165) is 23.9 Å². The number of carbonyl (C=O) groups excluding carboxylic acids is 2. The maximum Gasteiger partial charge on any atom is 0.272 e. The van der Waals surface area contributed by atoms with Gasteiger partial charge in [0.25, 0.3) is 5.91 Å². The Kier molecular flexibility index (Phi) is 5.19. The fourth-order valence-corrected chi connectivity index (χ4v) is 4.21. The minimum Gasteiger partial charge on any atom is -0.383 e. The zero-order valence-electron chi connectivity index (χ0n) is 19.2. The Hall–Kier alpha value is -4.01. The molecule has 0 saturated heterocycles. The van der Waals surface area contributed by atoms with E-state index in [1.54, 1.807) is 62.2 Å². The largest absolute Gasteiger partial charge is 0.383 e. The van der Waals surface area contributed by atoms with Gasteiger partial charge in [0.2, 0.25) is 5.91 Å². The number of hydrazine groups is 1. The van der Waals surface area contributed by atoms with E-state index in [9.17, 15) is 14.0 Å². The maximum absolute atomic E-state index is 14.7. The SMILES string of the molecule is Cc1ccc(CN(C(=O)c2ccc3nc(N)c4cnn(C)c4c3c2)N(C)C(=O)C2CC2)c(F)c1. The molecule has 0 unspecified atom stereocenters. The Bertz CT molecular complexity index is 1460. The Morgan fingerprint density at radius 1 is 1.18 bits per heavy atom. The molecule has 8 nitrogen and oxygen atoms in total. The molecule has 0 bridgehead atoms. The molecule has 2 heterocycles. The van der Waals surface area contributed by atoms with Crippen molar-refractivity contribution in [2.45, 2.75) is 26.3 Å². The van der Waals surface area contributed by atoms with E-state index in [4.69, 9.17) is 5.73 Å². The lowest BCUT2D eigenvalue weighted by molar-refractivity contribution is -0.144. The van der Waals surface area contributed by atoms with Gasteiger partial charge >= 0.3 is 0 Å². The molecule has 1 saturated carbocycles. The Morgan fingerprint density at radius 2 is 1.94 bits per heavy atom. The number of nitrogens with zero attached hydrogens (tertiary/aromatic N) is 5. The fourth-order valence-electron chi connectivity index (χ4n) is 4.21. The van der Waals surface area contributed by atoms with Crippen LogP contribution >= 0.6 is 0 Å². The van der Waals surface area contributed by atoms with Crippen molar-refractivity contribution in [3.05, 3.63) is 65.1 Å². The van der Waals surface area contributed by atoms with Gasteiger partial charge in [-0.2, -0.15) is 5.10 Å². The van der Waals surface area contributed by atoms with Crippen LogP contribution in [0.1, 0.15) is 34.3 Å². The summed E-state index contributed by atoms with van der Waals surface area (Å²) in [4.78, 5) is 31.0. The number of aryl methyl sites for hydroxylation is 2. The zero-order chi connectivity index (χ0) is 24.1. The highest BCUT2D eigenvalue weighted by Gasteiger charge is 2.36. The van der Waals surface area contributed by atoms with Gasteiger partial charge in [0.1, 0.15) is 11.6 Å². The summed E-state index contributed by atoms with van der Waals surface area (Å²) in [6.45, 7) is 1.73. The smallest absolute Gasteiger partial charge is 0.272 e. The molecule has 1 aliphatic rings. The molecular formula is C25H25FN6O2. The molecule has 9 heteroatoms. The van der Waals surface area contributed by atoms with Gasteiger partial charge in [-0.25, -0.2) is 14.4 Å². The van der Waals surface area contributed by atoms with Crippen LogP contribution in [0.3, 0.4) is 0 Å². The molecule has 4 aromatic rings. The van der Waals surface area contributed by atoms with E-state index in [-0.39, 0.29) is 18.4 Å². The van der Waals surface area contributed by atoms with Crippen molar-refractivity contribution < 1.29 is 14.0 Å². The molecule has 0 radical (unpaired) electrons. The monoisotopic (exact) mass is 460 g/mol. The summed E-state index contributed by atoms with van der Waals surface area (Å²) in [7, 11) is 3.36. The van der Waals surface area contributed by atoms with Crippen molar-refractivity contribution in [1.82, 2.24) is 24.8 Å². The highest BCUT2D eigenvalue weighted by Crippen LogP contribution is 2.32. The van der Waals surface area contributed by atoms with Crippen LogP contribution in [0.4, 0.5) is 10.2 Å². The van der Waals surface area contributed by atoms with Crippen LogP contribution in [-0.2, 0) is 18.4 Å². The number of pyridine rings is 1. The number of nitrogens with two attached hydrogens (primary N) is 1. The topological polar surface area (TPSA) is 97.3 Å². The van der Waals surface area contributed by atoms with Crippen LogP contribution in [-0.4, -0.2) is 43.6 Å². The van der Waals surface area contributed by atoms with Crippen molar-refractivity contribution in [3.63, 3.8) is 0 Å². The second-order valence-corrected chi connectivity index (χ2v) is 8.85. The van der Waals surface area contributed by atoms with Gasteiger partial charge in [-0.15, -0.1) is 0 Å². The second kappa shape index (κ2) is 8.09. The standard InChI is InChI=1S/C25H25FN6O2/c1-14-4-5-17(20(26)10-14)13-32(31(3)24(33)15-6-7-15)25(34)16-8-9-21-18(11-16)22-19(23(27)29-21)12-28-30(22)2/h4-5,8-12,15H,6-7,13H2,1-3H3,(H2,27,29). The fraction of sp³-hybridized carbons (Fsp3) is 0.280. The lowest BCUT2D eigenvalue weighted by Gasteiger charge is -2.32. The van der Waals surface area contributed by atoms with Gasteiger partial charge in [0.05, 0.1) is 29.2 Å². The van der Waals surface area contributed by atoms with Crippen LogP contribution in [0.2, 0.25) is 0 Å². The molecule has 2 N–H and O–H groups in total. The van der Waals surface area contributed by atoms with E-state index in [1.165, 1.54) is 16.1 Å². The van der Waals surface area contributed by atoms with Crippen molar-refractivity contribution in [3.8, 4) is 0 Å². The number of nitrogen functional groups attached to an aromatic ring is 1. The summed E-state index contributed by atoms with van der Waals surface area (Å²) in [5.41, 5.74) is 8.93. The number of hydrogen-bond acceptors (Lipinski definition) is 5. The molecule has 174 valence electrons. The molecule has 0 atom stereocenters. The van der Waals surface area contributed by atoms with Crippen LogP contribution in [0.25, 0.3) is 21.8 Å². The van der Waals surface area contributed by atoms with Crippen LogP contribution < -0.4 is 5.73 Å². The first-order chi connectivity index (χ1) is 16.2. The van der Waals surface area contributed by atoms with E-state index < -0.39 is 11.7 Å². The normalized spacial score (nSPS) is 13.4. The molecule has 34 heavy (non-hydrogen) atoms. The highest BCUT2D eigenvalue weighted by molar-refractivity contribution is 6.10. The highest BCUT2D eigenvalue weighted by atomic mass is 19.1. The molecule has 2 amide bonds. The minimum absolute atomic E-state index is 0.0704. The molecular weight excluding hydrogens is 435 g/mol. The summed E-state index contributed by atoms with van der Waals surface area (Å²) in [6.07, 6.45) is 3.23. The Morgan fingerprint density at radius 3 is 2.65 bits per heavy atom. The number of anilines is 1. The molecule has 2 aromatic heterocycles. The molecule has 0 spiro atoms. The van der Waals surface area contributed by atoms with Gasteiger partial charge < -0.3 is 5.73 Å². The zero-order valence-corrected chi connectivity index (χ0v) is 19.2. The first-order valence-corrected chi connectivity index (χ1v) is 11.1. The van der Waals surface area contributed by atoms with E-state index in [2.05, 4.69) is 10.1 Å². The Labute approximate surface area is 195 Å². The molecule has 2 aromatic carbocycles. The van der Waals surface area contributed by atoms with Gasteiger partial charge in [-0.1, -0.05) is 12.1 Å². The van der Waals surface area contributed by atoms with E-state index in [1.807, 2.05) is 0 Å². The first kappa shape index (κ1) is 21.8. The number of carbonyl (C=O) groups is 2. The maximum atomic E-state index is 14.7. The summed E-state index contributed by atoms with van der Waals surface area (Å²) in [5, 5.41) is 8.31. The minimum atomic E-state index is -0.417. The molecule has 1 fully saturated rings. The number of aromatic nitrogens is 3. The van der Waals surface area contributed by atoms with Crippen LogP contribution in [0, 0.1) is 18.7 Å². The third kappa shape index (κ3) is 3.72. The molecule has 1 aliphatic carbocycles. The van der Waals surface area contributed by atoms with Crippen molar-refractivity contribution >= 4 is 39.4 Å². The Balaban J connectivity index is 1.58. The van der Waals surface area contributed by atoms with Crippen molar-refractivity contribution in [2.75, 3.05) is 12.8 Å². The number of hydrogen-bond donors (Lipinski definition) is 1. The summed E-state index contributed by atoms with van der Waals surface area (Å²) < 4.78 is 16.4. The average molecular weight is 461 g/mol. The van der Waals surface area contributed by atoms with E-state index >= 15 is 0 Å². The quantitative estimate of drug-likeness (QED) is 0.470. The number of halogens is 1. The lowest BCUT2D eigenvalue weighted by Crippen LogP contribution is -2.47. The average Bonchev–Trinajstić information content (AvgIpc) is 3.59. The first-order valence-electron chi connectivity index (χ1n) is 11.1. The third-order valence-electron chi connectivity index (χ3n) is 6.33. The summed E-state index contributed by atoms with van der Waals surface area (Å²) in [5.74, 6) is -0.711. The predicted molar refractivity (Wildman–Crippen MR) is 127 cm³/mol. The van der Waals surface area contributed by atoms with Gasteiger partial charge in [-0.3, -0.25) is 19.3 Å². The van der Waals surface area contributed by atoms with E-state index in [0.29, 0.717) is 33.2 Å². The lowest BCUT2D eigenvalue weighted by atomic mass is 10.1. The van der Waals surface area contributed by atoms with Crippen molar-refractivity contribution in [1.29, 1.82) is 0 Å². The molecule has 0 aliphatic heterocycles.